The number of aromatic nitrogens is 2. The van der Waals surface area contributed by atoms with Crippen LogP contribution in [0.25, 0.3) is 0 Å². The third-order valence-electron chi connectivity index (χ3n) is 1.76. The molecule has 0 aliphatic carbocycles. The highest BCUT2D eigenvalue weighted by molar-refractivity contribution is 4.79. The SMILES string of the molecule is Cc1nnc(CN(CCO)CCO)o1. The average molecular weight is 201 g/mol. The van der Waals surface area contributed by atoms with E-state index in [4.69, 9.17) is 14.6 Å². The molecule has 80 valence electrons. The van der Waals surface area contributed by atoms with Crippen LogP contribution in [0.2, 0.25) is 0 Å². The molecule has 2 N–H and O–H groups in total. The molecular formula is C8H15N3O3. The molecule has 14 heavy (non-hydrogen) atoms. The number of hydrogen-bond acceptors (Lipinski definition) is 6. The van der Waals surface area contributed by atoms with Gasteiger partial charge in [0.25, 0.3) is 0 Å². The lowest BCUT2D eigenvalue weighted by atomic mass is 10.4. The monoisotopic (exact) mass is 201 g/mol. The predicted molar refractivity (Wildman–Crippen MR) is 48.5 cm³/mol. The van der Waals surface area contributed by atoms with Crippen molar-refractivity contribution >= 4 is 0 Å². The van der Waals surface area contributed by atoms with Crippen molar-refractivity contribution in [2.45, 2.75) is 13.5 Å². The van der Waals surface area contributed by atoms with Crippen molar-refractivity contribution in [3.8, 4) is 0 Å². The molecule has 0 bridgehead atoms. The second kappa shape index (κ2) is 5.69. The summed E-state index contributed by atoms with van der Waals surface area (Å²) in [6.07, 6.45) is 0. The van der Waals surface area contributed by atoms with Gasteiger partial charge in [0.1, 0.15) is 0 Å². The van der Waals surface area contributed by atoms with E-state index in [-0.39, 0.29) is 13.2 Å². The number of hydrogen-bond donors (Lipinski definition) is 2. The Hall–Kier alpha value is -0.980. The number of rotatable bonds is 6. The molecule has 1 aromatic rings. The summed E-state index contributed by atoms with van der Waals surface area (Å²) in [6.45, 7) is 3.26. The summed E-state index contributed by atoms with van der Waals surface area (Å²) < 4.78 is 5.18. The first-order valence-electron chi connectivity index (χ1n) is 4.49. The van der Waals surface area contributed by atoms with E-state index < -0.39 is 0 Å². The van der Waals surface area contributed by atoms with Crippen molar-refractivity contribution in [1.82, 2.24) is 15.1 Å². The molecule has 1 rings (SSSR count). The first-order chi connectivity index (χ1) is 6.76. The van der Waals surface area contributed by atoms with Crippen LogP contribution >= 0.6 is 0 Å². The third kappa shape index (κ3) is 3.41. The summed E-state index contributed by atoms with van der Waals surface area (Å²) in [5.74, 6) is 1.03. The molecule has 0 amide bonds. The maximum absolute atomic E-state index is 8.76. The van der Waals surface area contributed by atoms with Crippen LogP contribution in [0.3, 0.4) is 0 Å². The Balaban J connectivity index is 2.46. The fraction of sp³-hybridized carbons (Fsp3) is 0.750. The van der Waals surface area contributed by atoms with Gasteiger partial charge in [0.05, 0.1) is 19.8 Å². The molecule has 0 saturated heterocycles. The van der Waals surface area contributed by atoms with E-state index in [0.717, 1.165) is 0 Å². The summed E-state index contributed by atoms with van der Waals surface area (Å²) in [4.78, 5) is 1.84. The fourth-order valence-electron chi connectivity index (χ4n) is 1.15. The Morgan fingerprint density at radius 3 is 2.29 bits per heavy atom. The van der Waals surface area contributed by atoms with Crippen LogP contribution in [-0.4, -0.2) is 51.6 Å². The average Bonchev–Trinajstić information content (AvgIpc) is 2.52. The van der Waals surface area contributed by atoms with Crippen molar-refractivity contribution in [2.24, 2.45) is 0 Å². The molecule has 0 fully saturated rings. The van der Waals surface area contributed by atoms with Crippen LogP contribution < -0.4 is 0 Å². The maximum Gasteiger partial charge on any atom is 0.230 e. The lowest BCUT2D eigenvalue weighted by Gasteiger charge is -2.17. The van der Waals surface area contributed by atoms with E-state index in [2.05, 4.69) is 10.2 Å². The normalized spacial score (nSPS) is 11.1. The number of aryl methyl sites for hydroxylation is 1. The standard InChI is InChI=1S/C8H15N3O3/c1-7-9-10-8(14-7)6-11(2-4-12)3-5-13/h12-13H,2-6H2,1H3. The first kappa shape index (κ1) is 11.1. The Kier molecular flexibility index (Phi) is 4.51. The molecule has 6 nitrogen and oxygen atoms in total. The van der Waals surface area contributed by atoms with Crippen LogP contribution in [0.15, 0.2) is 4.42 Å². The van der Waals surface area contributed by atoms with Gasteiger partial charge in [-0.1, -0.05) is 0 Å². The Labute approximate surface area is 82.2 Å². The molecule has 0 aromatic carbocycles. The van der Waals surface area contributed by atoms with Gasteiger partial charge in [0, 0.05) is 20.0 Å². The van der Waals surface area contributed by atoms with Crippen LogP contribution in [0, 0.1) is 6.92 Å². The van der Waals surface area contributed by atoms with Crippen molar-refractivity contribution in [3.05, 3.63) is 11.8 Å². The summed E-state index contributed by atoms with van der Waals surface area (Å²) >= 11 is 0. The third-order valence-corrected chi connectivity index (χ3v) is 1.76. The predicted octanol–water partition coefficient (Wildman–Crippen LogP) is -0.835. The Morgan fingerprint density at radius 2 is 1.86 bits per heavy atom. The molecule has 1 aromatic heterocycles. The molecule has 6 heteroatoms. The minimum absolute atomic E-state index is 0.0487. The molecule has 0 spiro atoms. The second-order valence-corrected chi connectivity index (χ2v) is 2.94. The van der Waals surface area contributed by atoms with Crippen molar-refractivity contribution in [3.63, 3.8) is 0 Å². The van der Waals surface area contributed by atoms with Gasteiger partial charge in [-0.05, 0) is 0 Å². The highest BCUT2D eigenvalue weighted by Gasteiger charge is 2.09. The van der Waals surface area contributed by atoms with Crippen LogP contribution in [0.4, 0.5) is 0 Å². The molecule has 0 aliphatic heterocycles. The number of aliphatic hydroxyl groups is 2. The molecule has 0 unspecified atom stereocenters. The Morgan fingerprint density at radius 1 is 1.21 bits per heavy atom. The largest absolute Gasteiger partial charge is 0.424 e. The zero-order valence-electron chi connectivity index (χ0n) is 8.18. The lowest BCUT2D eigenvalue weighted by Crippen LogP contribution is -2.29. The van der Waals surface area contributed by atoms with Crippen molar-refractivity contribution in [2.75, 3.05) is 26.3 Å². The van der Waals surface area contributed by atoms with Crippen LogP contribution in [-0.2, 0) is 6.54 Å². The van der Waals surface area contributed by atoms with E-state index in [0.29, 0.717) is 31.4 Å². The zero-order chi connectivity index (χ0) is 10.4. The molecule has 0 radical (unpaired) electrons. The van der Waals surface area contributed by atoms with Crippen molar-refractivity contribution in [1.29, 1.82) is 0 Å². The van der Waals surface area contributed by atoms with Crippen LogP contribution in [0.5, 0.6) is 0 Å². The fourth-order valence-corrected chi connectivity index (χ4v) is 1.15. The molecule has 0 aliphatic rings. The molecule has 0 atom stereocenters. The van der Waals surface area contributed by atoms with E-state index in [1.54, 1.807) is 6.92 Å². The van der Waals surface area contributed by atoms with E-state index in [1.807, 2.05) is 4.90 Å². The lowest BCUT2D eigenvalue weighted by molar-refractivity contribution is 0.146. The first-order valence-corrected chi connectivity index (χ1v) is 4.49. The number of aliphatic hydroxyl groups excluding tert-OH is 2. The second-order valence-electron chi connectivity index (χ2n) is 2.94. The van der Waals surface area contributed by atoms with Gasteiger partial charge in [0.15, 0.2) is 0 Å². The van der Waals surface area contributed by atoms with Gasteiger partial charge in [-0.15, -0.1) is 10.2 Å². The Bertz CT molecular complexity index is 258. The minimum atomic E-state index is 0.0487. The highest BCUT2D eigenvalue weighted by Crippen LogP contribution is 2.02. The molecular weight excluding hydrogens is 186 g/mol. The summed E-state index contributed by atoms with van der Waals surface area (Å²) in [5.41, 5.74) is 0. The van der Waals surface area contributed by atoms with E-state index in [9.17, 15) is 0 Å². The highest BCUT2D eigenvalue weighted by atomic mass is 16.4. The summed E-state index contributed by atoms with van der Waals surface area (Å²) in [7, 11) is 0. The van der Waals surface area contributed by atoms with Gasteiger partial charge in [-0.25, -0.2) is 0 Å². The topological polar surface area (TPSA) is 82.6 Å². The zero-order valence-corrected chi connectivity index (χ0v) is 8.18. The van der Waals surface area contributed by atoms with Gasteiger partial charge in [-0.2, -0.15) is 0 Å². The molecule has 0 saturated carbocycles. The van der Waals surface area contributed by atoms with E-state index in [1.165, 1.54) is 0 Å². The maximum atomic E-state index is 8.76. The van der Waals surface area contributed by atoms with Gasteiger partial charge in [-0.3, -0.25) is 4.90 Å². The quantitative estimate of drug-likeness (QED) is 0.624. The van der Waals surface area contributed by atoms with Gasteiger partial charge < -0.3 is 14.6 Å². The molecule has 1 heterocycles. The van der Waals surface area contributed by atoms with Crippen LogP contribution in [0.1, 0.15) is 11.8 Å². The van der Waals surface area contributed by atoms with Crippen molar-refractivity contribution < 1.29 is 14.6 Å². The van der Waals surface area contributed by atoms with Gasteiger partial charge >= 0.3 is 0 Å². The smallest absolute Gasteiger partial charge is 0.230 e. The van der Waals surface area contributed by atoms with Gasteiger partial charge in [0.2, 0.25) is 11.8 Å². The van der Waals surface area contributed by atoms with E-state index >= 15 is 0 Å². The summed E-state index contributed by atoms with van der Waals surface area (Å²) in [5, 5.41) is 25.0. The summed E-state index contributed by atoms with van der Waals surface area (Å²) in [6, 6.07) is 0. The minimum Gasteiger partial charge on any atom is -0.424 e. The number of nitrogens with zero attached hydrogens (tertiary/aromatic N) is 3.